The molecule has 2 aromatic carbocycles. The van der Waals surface area contributed by atoms with Crippen molar-refractivity contribution in [3.63, 3.8) is 0 Å². The SMILES string of the molecule is C=CCc1c(OC(=O)C(=C)C)ccc(C(C)(C)c2ccc(OC(=O)C(=C)C)c(CC=C)c2OC(O)CC)c1OC(O)CC. The average molecular weight is 593 g/mol. The number of hydrogen-bond acceptors (Lipinski definition) is 8. The third-order valence-corrected chi connectivity index (χ3v) is 6.79. The van der Waals surface area contributed by atoms with Gasteiger partial charge in [-0.25, -0.2) is 9.59 Å². The number of carbonyl (C=O) groups is 2. The molecule has 0 aliphatic rings. The van der Waals surface area contributed by atoms with E-state index in [1.807, 2.05) is 13.8 Å². The molecule has 8 heteroatoms. The second kappa shape index (κ2) is 15.4. The van der Waals surface area contributed by atoms with Crippen molar-refractivity contribution in [3.05, 3.63) is 96.1 Å². The predicted molar refractivity (Wildman–Crippen MR) is 168 cm³/mol. The molecule has 0 aliphatic carbocycles. The molecule has 43 heavy (non-hydrogen) atoms. The Kier molecular flexibility index (Phi) is 12.5. The minimum Gasteiger partial charge on any atom is -0.464 e. The first kappa shape index (κ1) is 35.1. The normalized spacial score (nSPS) is 12.5. The number of hydrogen-bond donors (Lipinski definition) is 2. The third kappa shape index (κ3) is 8.46. The molecule has 0 aliphatic heterocycles. The molecule has 0 saturated heterocycles. The van der Waals surface area contributed by atoms with Crippen LogP contribution in [0.4, 0.5) is 0 Å². The Labute approximate surface area is 254 Å². The molecule has 0 heterocycles. The number of allylic oxidation sites excluding steroid dienone is 2. The molecule has 0 fully saturated rings. The summed E-state index contributed by atoms with van der Waals surface area (Å²) in [4.78, 5) is 24.9. The summed E-state index contributed by atoms with van der Waals surface area (Å²) in [5.74, 6) is -0.0706. The van der Waals surface area contributed by atoms with Crippen LogP contribution in [0.1, 0.15) is 76.6 Å². The second-order valence-electron chi connectivity index (χ2n) is 10.7. The summed E-state index contributed by atoms with van der Waals surface area (Å²) < 4.78 is 23.5. The molecule has 0 amide bonds. The quantitative estimate of drug-likeness (QED) is 0.0733. The van der Waals surface area contributed by atoms with Crippen LogP contribution in [0.15, 0.2) is 73.9 Å². The molecule has 0 saturated carbocycles. The molecule has 0 radical (unpaired) electrons. The highest BCUT2D eigenvalue weighted by Crippen LogP contribution is 2.48. The van der Waals surface area contributed by atoms with Crippen molar-refractivity contribution >= 4 is 11.9 Å². The van der Waals surface area contributed by atoms with Gasteiger partial charge in [-0.3, -0.25) is 0 Å². The van der Waals surface area contributed by atoms with Crippen LogP contribution < -0.4 is 18.9 Å². The van der Waals surface area contributed by atoms with Crippen LogP contribution in [0, 0.1) is 0 Å². The van der Waals surface area contributed by atoms with Crippen LogP contribution in [0.3, 0.4) is 0 Å². The van der Waals surface area contributed by atoms with Gasteiger partial charge >= 0.3 is 11.9 Å². The van der Waals surface area contributed by atoms with Crippen LogP contribution in [0.25, 0.3) is 0 Å². The van der Waals surface area contributed by atoms with Gasteiger partial charge in [-0.05, 0) is 38.8 Å². The van der Waals surface area contributed by atoms with Crippen LogP contribution in [-0.4, -0.2) is 34.7 Å². The van der Waals surface area contributed by atoms with Crippen molar-refractivity contribution in [1.82, 2.24) is 0 Å². The Morgan fingerprint density at radius 2 is 1.12 bits per heavy atom. The highest BCUT2D eigenvalue weighted by Gasteiger charge is 2.35. The van der Waals surface area contributed by atoms with Gasteiger partial charge in [0.2, 0.25) is 0 Å². The lowest BCUT2D eigenvalue weighted by Crippen LogP contribution is -2.27. The highest BCUT2D eigenvalue weighted by molar-refractivity contribution is 5.89. The van der Waals surface area contributed by atoms with E-state index in [0.29, 0.717) is 46.6 Å². The maximum absolute atomic E-state index is 12.5. The largest absolute Gasteiger partial charge is 0.464 e. The van der Waals surface area contributed by atoms with Crippen LogP contribution >= 0.6 is 0 Å². The third-order valence-electron chi connectivity index (χ3n) is 6.79. The molecule has 2 atom stereocenters. The Balaban J connectivity index is 2.96. The van der Waals surface area contributed by atoms with E-state index in [1.54, 1.807) is 64.1 Å². The van der Waals surface area contributed by atoms with E-state index in [0.717, 1.165) is 0 Å². The van der Waals surface area contributed by atoms with Crippen molar-refractivity contribution in [2.75, 3.05) is 0 Å². The number of benzene rings is 2. The number of ether oxygens (including phenoxy) is 4. The fourth-order valence-corrected chi connectivity index (χ4v) is 4.30. The predicted octanol–water partition coefficient (Wildman–Crippen LogP) is 6.65. The van der Waals surface area contributed by atoms with E-state index in [2.05, 4.69) is 26.3 Å². The maximum Gasteiger partial charge on any atom is 0.338 e. The Bertz CT molecular complexity index is 1280. The smallest absolute Gasteiger partial charge is 0.338 e. The van der Waals surface area contributed by atoms with Crippen LogP contribution in [0.5, 0.6) is 23.0 Å². The molecular formula is C35H44O8. The molecule has 2 unspecified atom stereocenters. The van der Waals surface area contributed by atoms with Gasteiger partial charge in [-0.15, -0.1) is 13.2 Å². The Morgan fingerprint density at radius 3 is 1.40 bits per heavy atom. The van der Waals surface area contributed by atoms with Gasteiger partial charge in [0.25, 0.3) is 0 Å². The molecule has 0 spiro atoms. The first-order valence-electron chi connectivity index (χ1n) is 14.2. The van der Waals surface area contributed by atoms with E-state index in [-0.39, 0.29) is 35.5 Å². The first-order chi connectivity index (χ1) is 20.2. The zero-order valence-electron chi connectivity index (χ0n) is 26.1. The summed E-state index contributed by atoms with van der Waals surface area (Å²) in [6.45, 7) is 25.6. The number of rotatable bonds is 16. The standard InChI is InChI=1S/C35H44O8/c1-11-15-23-27(40-33(38)21(5)6)19-17-25(31(23)42-29(36)13-3)35(9,10)26-18-20-28(41-34(39)22(7)8)24(16-12-2)32(26)43-30(37)14-4/h11-12,17-20,29-30,36-37H,1-2,5,7,13-16H2,3-4,6,8-10H3. The van der Waals surface area contributed by atoms with Crippen LogP contribution in [0.2, 0.25) is 0 Å². The number of carbonyl (C=O) groups excluding carboxylic acids is 2. The van der Waals surface area contributed by atoms with E-state index in [4.69, 9.17) is 18.9 Å². The summed E-state index contributed by atoms with van der Waals surface area (Å²) in [6, 6.07) is 6.84. The molecular weight excluding hydrogens is 548 g/mol. The van der Waals surface area contributed by atoms with Gasteiger partial charge in [-0.2, -0.15) is 0 Å². The van der Waals surface area contributed by atoms with E-state index < -0.39 is 29.9 Å². The molecule has 232 valence electrons. The molecule has 2 aromatic rings. The highest BCUT2D eigenvalue weighted by atomic mass is 16.6. The Hall–Kier alpha value is -4.14. The molecule has 2 N–H and O–H groups in total. The van der Waals surface area contributed by atoms with Crippen LogP contribution in [-0.2, 0) is 27.8 Å². The molecule has 0 aromatic heterocycles. The van der Waals surface area contributed by atoms with Gasteiger partial charge in [0, 0.05) is 51.7 Å². The van der Waals surface area contributed by atoms with E-state index in [9.17, 15) is 19.8 Å². The van der Waals surface area contributed by atoms with Crippen molar-refractivity contribution < 1.29 is 38.7 Å². The fraction of sp³-hybridized carbons (Fsp3) is 0.371. The zero-order valence-corrected chi connectivity index (χ0v) is 26.1. The lowest BCUT2D eigenvalue weighted by molar-refractivity contribution is -0.131. The number of esters is 2. The zero-order chi connectivity index (χ0) is 32.5. The number of aliphatic hydroxyl groups excluding tert-OH is 2. The minimum absolute atomic E-state index is 0.225. The monoisotopic (exact) mass is 592 g/mol. The average Bonchev–Trinajstić information content (AvgIpc) is 2.95. The van der Waals surface area contributed by atoms with Gasteiger partial charge in [-0.1, -0.05) is 65.1 Å². The fourth-order valence-electron chi connectivity index (χ4n) is 4.30. The van der Waals surface area contributed by atoms with Crippen molar-refractivity contribution in [2.24, 2.45) is 0 Å². The summed E-state index contributed by atoms with van der Waals surface area (Å²) >= 11 is 0. The summed E-state index contributed by atoms with van der Waals surface area (Å²) in [5.41, 5.74) is 1.85. The molecule has 0 bridgehead atoms. The summed E-state index contributed by atoms with van der Waals surface area (Å²) in [7, 11) is 0. The van der Waals surface area contributed by atoms with Gasteiger partial charge < -0.3 is 29.2 Å². The van der Waals surface area contributed by atoms with Crippen molar-refractivity contribution in [3.8, 4) is 23.0 Å². The van der Waals surface area contributed by atoms with Crippen molar-refractivity contribution in [2.45, 2.75) is 85.2 Å². The summed E-state index contributed by atoms with van der Waals surface area (Å²) in [5, 5.41) is 21.2. The first-order valence-corrected chi connectivity index (χ1v) is 14.2. The maximum atomic E-state index is 12.5. The number of aliphatic hydroxyl groups is 2. The van der Waals surface area contributed by atoms with E-state index in [1.165, 1.54) is 0 Å². The topological polar surface area (TPSA) is 112 Å². The lowest BCUT2D eigenvalue weighted by atomic mass is 9.75. The Morgan fingerprint density at radius 1 is 0.767 bits per heavy atom. The van der Waals surface area contributed by atoms with E-state index >= 15 is 0 Å². The summed E-state index contributed by atoms with van der Waals surface area (Å²) in [6.07, 6.45) is 2.13. The minimum atomic E-state index is -1.15. The van der Waals surface area contributed by atoms with Gasteiger partial charge in [0.05, 0.1) is 0 Å². The lowest BCUT2D eigenvalue weighted by Gasteiger charge is -2.33. The molecule has 8 nitrogen and oxygen atoms in total. The van der Waals surface area contributed by atoms with Crippen molar-refractivity contribution in [1.29, 1.82) is 0 Å². The molecule has 2 rings (SSSR count). The van der Waals surface area contributed by atoms with Gasteiger partial charge in [0.1, 0.15) is 23.0 Å². The van der Waals surface area contributed by atoms with Gasteiger partial charge in [0.15, 0.2) is 12.6 Å². The second-order valence-corrected chi connectivity index (χ2v) is 10.7.